The maximum Gasteiger partial charge on any atom is 0.416 e. The number of carbonyl (C=O) groups excluding carboxylic acids is 3. The van der Waals surface area contributed by atoms with Gasteiger partial charge in [0.25, 0.3) is 5.91 Å². The van der Waals surface area contributed by atoms with E-state index >= 15 is 0 Å². The second-order valence-corrected chi connectivity index (χ2v) is 8.30. The predicted molar refractivity (Wildman–Crippen MR) is 117 cm³/mol. The van der Waals surface area contributed by atoms with E-state index < -0.39 is 17.7 Å². The Morgan fingerprint density at radius 1 is 0.912 bits per heavy atom. The van der Waals surface area contributed by atoms with Gasteiger partial charge in [0.05, 0.1) is 18.6 Å². The van der Waals surface area contributed by atoms with Crippen molar-refractivity contribution in [3.63, 3.8) is 0 Å². The Kier molecular flexibility index (Phi) is 6.49. The van der Waals surface area contributed by atoms with E-state index in [1.54, 1.807) is 41.2 Å². The molecule has 0 N–H and O–H groups in total. The van der Waals surface area contributed by atoms with Crippen molar-refractivity contribution in [1.82, 2.24) is 9.80 Å². The Balaban J connectivity index is 1.32. The Morgan fingerprint density at radius 2 is 1.50 bits per heavy atom. The molecule has 10 heteroatoms. The molecular formula is C24H24F3N3O4. The van der Waals surface area contributed by atoms with Crippen molar-refractivity contribution in [3.8, 4) is 5.75 Å². The van der Waals surface area contributed by atoms with E-state index in [9.17, 15) is 27.6 Å². The number of hydrogen-bond donors (Lipinski definition) is 0. The monoisotopic (exact) mass is 475 g/mol. The number of piperazine rings is 1. The average molecular weight is 475 g/mol. The van der Waals surface area contributed by atoms with Crippen molar-refractivity contribution in [3.05, 3.63) is 59.7 Å². The molecule has 3 amide bonds. The maximum absolute atomic E-state index is 13.0. The first-order chi connectivity index (χ1) is 16.2. The maximum atomic E-state index is 13.0. The number of methoxy groups -OCH3 is 1. The Bertz CT molecular complexity index is 1060. The van der Waals surface area contributed by atoms with Gasteiger partial charge in [-0.15, -0.1) is 0 Å². The summed E-state index contributed by atoms with van der Waals surface area (Å²) in [6, 6.07) is 11.2. The van der Waals surface area contributed by atoms with Crippen LogP contribution in [0.15, 0.2) is 48.5 Å². The van der Waals surface area contributed by atoms with Crippen LogP contribution in [0.2, 0.25) is 0 Å². The lowest BCUT2D eigenvalue weighted by atomic mass is 10.1. The fourth-order valence-electron chi connectivity index (χ4n) is 4.26. The van der Waals surface area contributed by atoms with Crippen molar-refractivity contribution in [2.75, 3.05) is 44.7 Å². The van der Waals surface area contributed by atoms with E-state index in [-0.39, 0.29) is 49.3 Å². The van der Waals surface area contributed by atoms with Crippen LogP contribution in [0, 0.1) is 5.92 Å². The van der Waals surface area contributed by atoms with Crippen LogP contribution in [0.5, 0.6) is 5.75 Å². The fraction of sp³-hybridized carbons (Fsp3) is 0.375. The standard InChI is InChI=1S/C24H24F3N3O4/c1-34-20-8-6-19(7-9-20)30-15-17(14-21(30)31)23(33)29-12-10-28(11-13-29)22(32)16-2-4-18(5-3-16)24(25,26)27/h2-9,17H,10-15H2,1H3. The van der Waals surface area contributed by atoms with Crippen LogP contribution in [-0.4, -0.2) is 67.4 Å². The molecule has 1 unspecified atom stereocenters. The molecule has 7 nitrogen and oxygen atoms in total. The topological polar surface area (TPSA) is 70.2 Å². The molecule has 2 fully saturated rings. The highest BCUT2D eigenvalue weighted by molar-refractivity contribution is 6.00. The van der Waals surface area contributed by atoms with Crippen LogP contribution in [0.4, 0.5) is 18.9 Å². The lowest BCUT2D eigenvalue weighted by molar-refractivity contribution is -0.138. The van der Waals surface area contributed by atoms with Crippen molar-refractivity contribution >= 4 is 23.4 Å². The second kappa shape index (κ2) is 9.36. The zero-order valence-corrected chi connectivity index (χ0v) is 18.5. The zero-order chi connectivity index (χ0) is 24.5. The number of halogens is 3. The van der Waals surface area contributed by atoms with E-state index in [1.165, 1.54) is 17.0 Å². The van der Waals surface area contributed by atoms with Crippen LogP contribution in [-0.2, 0) is 15.8 Å². The van der Waals surface area contributed by atoms with Crippen LogP contribution in [0.25, 0.3) is 0 Å². The number of benzene rings is 2. The van der Waals surface area contributed by atoms with E-state index in [0.717, 1.165) is 12.1 Å². The largest absolute Gasteiger partial charge is 0.497 e. The number of alkyl halides is 3. The summed E-state index contributed by atoms with van der Waals surface area (Å²) in [5, 5.41) is 0. The molecule has 0 radical (unpaired) electrons. The quantitative estimate of drug-likeness (QED) is 0.682. The molecular weight excluding hydrogens is 451 g/mol. The highest BCUT2D eigenvalue weighted by Crippen LogP contribution is 2.30. The third-order valence-corrected chi connectivity index (χ3v) is 6.20. The minimum atomic E-state index is -4.46. The molecule has 2 aromatic rings. The molecule has 0 spiro atoms. The number of ether oxygens (including phenoxy) is 1. The Hall–Kier alpha value is -3.56. The lowest BCUT2D eigenvalue weighted by Gasteiger charge is -2.36. The second-order valence-electron chi connectivity index (χ2n) is 8.30. The van der Waals surface area contributed by atoms with Gasteiger partial charge in [0.2, 0.25) is 11.8 Å². The number of anilines is 1. The molecule has 0 aliphatic carbocycles. The molecule has 0 bridgehead atoms. The third-order valence-electron chi connectivity index (χ3n) is 6.20. The fourth-order valence-corrected chi connectivity index (χ4v) is 4.26. The first-order valence-electron chi connectivity index (χ1n) is 10.9. The molecule has 2 aliphatic heterocycles. The summed E-state index contributed by atoms with van der Waals surface area (Å²) in [6.07, 6.45) is -4.34. The summed E-state index contributed by atoms with van der Waals surface area (Å²) in [5.41, 5.74) is 0.0617. The van der Waals surface area contributed by atoms with Crippen LogP contribution in [0.1, 0.15) is 22.3 Å². The van der Waals surface area contributed by atoms with Gasteiger partial charge in [-0.25, -0.2) is 0 Å². The van der Waals surface area contributed by atoms with Crippen molar-refractivity contribution in [2.24, 2.45) is 5.92 Å². The Morgan fingerprint density at radius 3 is 2.06 bits per heavy atom. The van der Waals surface area contributed by atoms with E-state index in [4.69, 9.17) is 4.74 Å². The summed E-state index contributed by atoms with van der Waals surface area (Å²) in [7, 11) is 1.56. The number of rotatable bonds is 4. The smallest absolute Gasteiger partial charge is 0.416 e. The van der Waals surface area contributed by atoms with Crippen LogP contribution >= 0.6 is 0 Å². The van der Waals surface area contributed by atoms with Gasteiger partial charge in [-0.05, 0) is 48.5 Å². The zero-order valence-electron chi connectivity index (χ0n) is 18.5. The number of carbonyl (C=O) groups is 3. The van der Waals surface area contributed by atoms with Gasteiger partial charge in [0.1, 0.15) is 5.75 Å². The summed E-state index contributed by atoms with van der Waals surface area (Å²) in [5.74, 6) is -0.424. The number of nitrogens with zero attached hydrogens (tertiary/aromatic N) is 3. The van der Waals surface area contributed by atoms with E-state index in [0.29, 0.717) is 24.5 Å². The van der Waals surface area contributed by atoms with Crippen LogP contribution in [0.3, 0.4) is 0 Å². The molecule has 2 saturated heterocycles. The highest BCUT2D eigenvalue weighted by atomic mass is 19.4. The van der Waals surface area contributed by atoms with Gasteiger partial charge in [-0.3, -0.25) is 14.4 Å². The molecule has 2 aliphatic rings. The molecule has 4 rings (SSSR count). The Labute approximate surface area is 194 Å². The minimum Gasteiger partial charge on any atom is -0.497 e. The summed E-state index contributed by atoms with van der Waals surface area (Å²) in [4.78, 5) is 43.0. The van der Waals surface area contributed by atoms with Crippen molar-refractivity contribution in [1.29, 1.82) is 0 Å². The van der Waals surface area contributed by atoms with Gasteiger partial charge in [-0.1, -0.05) is 0 Å². The van der Waals surface area contributed by atoms with E-state index in [1.807, 2.05) is 0 Å². The predicted octanol–water partition coefficient (Wildman–Crippen LogP) is 3.05. The highest BCUT2D eigenvalue weighted by Gasteiger charge is 2.38. The van der Waals surface area contributed by atoms with E-state index in [2.05, 4.69) is 0 Å². The lowest BCUT2D eigenvalue weighted by Crippen LogP contribution is -2.52. The normalized spacial score (nSPS) is 18.9. The summed E-state index contributed by atoms with van der Waals surface area (Å²) in [6.45, 7) is 1.44. The minimum absolute atomic E-state index is 0.121. The summed E-state index contributed by atoms with van der Waals surface area (Å²) >= 11 is 0. The SMILES string of the molecule is COc1ccc(N2CC(C(=O)N3CCN(C(=O)c4ccc(C(F)(F)F)cc4)CC3)CC2=O)cc1. The van der Waals surface area contributed by atoms with Crippen molar-refractivity contribution < 1.29 is 32.3 Å². The number of amides is 3. The van der Waals surface area contributed by atoms with Crippen molar-refractivity contribution in [2.45, 2.75) is 12.6 Å². The summed E-state index contributed by atoms with van der Waals surface area (Å²) < 4.78 is 43.3. The van der Waals surface area contributed by atoms with Gasteiger partial charge in [0, 0.05) is 50.4 Å². The third kappa shape index (κ3) is 4.85. The molecule has 180 valence electrons. The van der Waals surface area contributed by atoms with Gasteiger partial charge in [-0.2, -0.15) is 13.2 Å². The van der Waals surface area contributed by atoms with Gasteiger partial charge < -0.3 is 19.4 Å². The molecule has 1 atom stereocenters. The molecule has 34 heavy (non-hydrogen) atoms. The molecule has 2 heterocycles. The molecule has 0 saturated carbocycles. The van der Waals surface area contributed by atoms with Gasteiger partial charge in [0.15, 0.2) is 0 Å². The first-order valence-corrected chi connectivity index (χ1v) is 10.9. The van der Waals surface area contributed by atoms with Crippen LogP contribution < -0.4 is 9.64 Å². The first kappa shape index (κ1) is 23.6. The molecule has 2 aromatic carbocycles. The molecule has 0 aromatic heterocycles. The average Bonchev–Trinajstić information content (AvgIpc) is 3.24. The van der Waals surface area contributed by atoms with Gasteiger partial charge >= 0.3 is 6.18 Å². The number of hydrogen-bond acceptors (Lipinski definition) is 4.